The van der Waals surface area contributed by atoms with Crippen molar-refractivity contribution in [2.24, 2.45) is 0 Å². The lowest BCUT2D eigenvalue weighted by atomic mass is 10.1. The Morgan fingerprint density at radius 1 is 0.274 bits per heavy atom. The highest BCUT2D eigenvalue weighted by molar-refractivity contribution is 5.71. The highest BCUT2D eigenvalue weighted by Gasteiger charge is 2.19. The Kier molecular flexibility index (Phi) is 55.1. The quantitative estimate of drug-likeness (QED) is 0.0261. The Morgan fingerprint density at radius 2 is 0.493 bits per heavy atom. The van der Waals surface area contributed by atoms with Gasteiger partial charge in [-0.25, -0.2) is 0 Å². The van der Waals surface area contributed by atoms with Gasteiger partial charge in [0.15, 0.2) is 6.10 Å². The van der Waals surface area contributed by atoms with Crippen LogP contribution in [0.15, 0.2) is 170 Å². The summed E-state index contributed by atoms with van der Waals surface area (Å²) in [7, 11) is 0. The molecule has 73 heavy (non-hydrogen) atoms. The van der Waals surface area contributed by atoms with Crippen LogP contribution in [0.5, 0.6) is 0 Å². The van der Waals surface area contributed by atoms with E-state index in [2.05, 4.69) is 191 Å². The van der Waals surface area contributed by atoms with Gasteiger partial charge in [-0.3, -0.25) is 14.4 Å². The van der Waals surface area contributed by atoms with Gasteiger partial charge in [-0.05, 0) is 148 Å². The van der Waals surface area contributed by atoms with Crippen molar-refractivity contribution in [1.82, 2.24) is 0 Å². The van der Waals surface area contributed by atoms with Gasteiger partial charge in [0.1, 0.15) is 13.2 Å². The maximum absolute atomic E-state index is 12.9. The number of rotatable bonds is 49. The van der Waals surface area contributed by atoms with Crippen molar-refractivity contribution in [3.63, 3.8) is 0 Å². The van der Waals surface area contributed by atoms with Gasteiger partial charge in [0.05, 0.1) is 0 Å². The standard InChI is InChI=1S/C67H102O6/c1-4-7-10-13-16-19-22-25-27-29-31-32-33-34-36-37-39-42-45-48-51-54-57-60-66(69)72-63-64(62-71-65(68)59-56-53-50-47-44-41-24-21-18-15-12-9-6-3)73-67(70)61-58-55-52-49-46-43-40-38-35-30-28-26-23-20-17-14-11-8-5-2/h7-12,16-21,25-28,31-32,34-36,38-39,41-44,46,64H,4-6,13-15,22-24,29-30,33,37,40,45,47-63H2,1-3H3/b10-7-,11-8-,12-9-,19-16-,20-17-,21-18-,27-25-,28-26-,32-31-,36-34-,38-35-,42-39-,44-41-,46-43-. The summed E-state index contributed by atoms with van der Waals surface area (Å²) in [5.74, 6) is -1.02. The molecule has 0 fully saturated rings. The van der Waals surface area contributed by atoms with Gasteiger partial charge in [0, 0.05) is 19.3 Å². The minimum atomic E-state index is -0.829. The Bertz CT molecular complexity index is 1720. The molecular formula is C67H102O6. The predicted octanol–water partition coefficient (Wildman–Crippen LogP) is 19.5. The van der Waals surface area contributed by atoms with E-state index >= 15 is 0 Å². The summed E-state index contributed by atoms with van der Waals surface area (Å²) in [5.41, 5.74) is 0. The van der Waals surface area contributed by atoms with Crippen LogP contribution >= 0.6 is 0 Å². The summed E-state index contributed by atoms with van der Waals surface area (Å²) in [6.07, 6.45) is 87.7. The number of hydrogen-bond donors (Lipinski definition) is 0. The second-order valence-corrected chi connectivity index (χ2v) is 18.0. The topological polar surface area (TPSA) is 78.9 Å². The van der Waals surface area contributed by atoms with Crippen LogP contribution in [0.1, 0.15) is 213 Å². The number of ether oxygens (including phenoxy) is 3. The molecule has 0 bridgehead atoms. The van der Waals surface area contributed by atoms with Crippen molar-refractivity contribution in [2.75, 3.05) is 13.2 Å². The fourth-order valence-electron chi connectivity index (χ4n) is 7.01. The Labute approximate surface area is 447 Å². The van der Waals surface area contributed by atoms with Gasteiger partial charge in [-0.2, -0.15) is 0 Å². The number of allylic oxidation sites excluding steroid dienone is 28. The summed E-state index contributed by atoms with van der Waals surface area (Å²) in [4.78, 5) is 38.2. The van der Waals surface area contributed by atoms with E-state index in [0.29, 0.717) is 19.3 Å². The Hall–Kier alpha value is -5.23. The molecule has 1 atom stereocenters. The van der Waals surface area contributed by atoms with E-state index < -0.39 is 6.10 Å². The molecule has 0 aromatic rings. The van der Waals surface area contributed by atoms with Crippen molar-refractivity contribution < 1.29 is 28.6 Å². The third-order valence-electron chi connectivity index (χ3n) is 11.2. The number of carbonyl (C=O) groups is 3. The molecule has 6 nitrogen and oxygen atoms in total. The van der Waals surface area contributed by atoms with Gasteiger partial charge < -0.3 is 14.2 Å². The molecule has 0 aromatic carbocycles. The fraction of sp³-hybridized carbons (Fsp3) is 0.537. The number of esters is 3. The van der Waals surface area contributed by atoms with Gasteiger partial charge >= 0.3 is 17.9 Å². The number of carbonyl (C=O) groups excluding carboxylic acids is 3. The third kappa shape index (κ3) is 57.5. The van der Waals surface area contributed by atoms with Crippen molar-refractivity contribution in [3.05, 3.63) is 170 Å². The lowest BCUT2D eigenvalue weighted by Gasteiger charge is -2.18. The monoisotopic (exact) mass is 1000 g/mol. The normalized spacial score (nSPS) is 13.4. The molecule has 0 spiro atoms. The Morgan fingerprint density at radius 3 is 0.767 bits per heavy atom. The molecule has 0 aromatic heterocycles. The predicted molar refractivity (Wildman–Crippen MR) is 315 cm³/mol. The largest absolute Gasteiger partial charge is 0.462 e. The molecule has 0 aliphatic heterocycles. The van der Waals surface area contributed by atoms with Crippen molar-refractivity contribution in [1.29, 1.82) is 0 Å². The van der Waals surface area contributed by atoms with E-state index in [4.69, 9.17) is 14.2 Å². The van der Waals surface area contributed by atoms with Gasteiger partial charge in [0.25, 0.3) is 0 Å². The van der Waals surface area contributed by atoms with Crippen LogP contribution in [-0.2, 0) is 28.6 Å². The zero-order valence-corrected chi connectivity index (χ0v) is 46.3. The number of unbranched alkanes of at least 4 members (excludes halogenated alkanes) is 10. The molecule has 0 heterocycles. The minimum absolute atomic E-state index is 0.123. The maximum Gasteiger partial charge on any atom is 0.306 e. The van der Waals surface area contributed by atoms with Crippen LogP contribution in [0.25, 0.3) is 0 Å². The summed E-state index contributed by atoms with van der Waals surface area (Å²) in [5, 5.41) is 0. The lowest BCUT2D eigenvalue weighted by Crippen LogP contribution is -2.30. The van der Waals surface area contributed by atoms with Gasteiger partial charge in [0.2, 0.25) is 0 Å². The van der Waals surface area contributed by atoms with E-state index in [-0.39, 0.29) is 37.5 Å². The van der Waals surface area contributed by atoms with Crippen LogP contribution in [0.3, 0.4) is 0 Å². The second kappa shape index (κ2) is 59.3. The molecular weight excluding hydrogens is 901 g/mol. The lowest BCUT2D eigenvalue weighted by molar-refractivity contribution is -0.167. The highest BCUT2D eigenvalue weighted by Crippen LogP contribution is 2.12. The first kappa shape index (κ1) is 67.8. The molecule has 0 saturated carbocycles. The molecule has 406 valence electrons. The van der Waals surface area contributed by atoms with E-state index in [1.165, 1.54) is 0 Å². The summed E-state index contributed by atoms with van der Waals surface area (Å²) >= 11 is 0. The Balaban J connectivity index is 4.55. The van der Waals surface area contributed by atoms with E-state index in [1.54, 1.807) is 0 Å². The molecule has 0 amide bonds. The van der Waals surface area contributed by atoms with E-state index in [0.717, 1.165) is 167 Å². The fourth-order valence-corrected chi connectivity index (χ4v) is 7.01. The summed E-state index contributed by atoms with van der Waals surface area (Å²) in [6.45, 7) is 6.20. The van der Waals surface area contributed by atoms with Crippen LogP contribution in [0, 0.1) is 0 Å². The molecule has 0 aliphatic rings. The molecule has 0 aliphatic carbocycles. The average molecular weight is 1000 g/mol. The average Bonchev–Trinajstić information content (AvgIpc) is 3.39. The highest BCUT2D eigenvalue weighted by atomic mass is 16.6. The van der Waals surface area contributed by atoms with Crippen molar-refractivity contribution in [3.8, 4) is 0 Å². The molecule has 1 unspecified atom stereocenters. The third-order valence-corrected chi connectivity index (χ3v) is 11.2. The SMILES string of the molecule is CC/C=C\C/C=C\C/C=C\C/C=C\C/C=C\C/C=C\CCCCCCC(=O)OCC(COC(=O)CCCCC/C=C\C/C=C\C/C=C\CC)OC(=O)CCCCC/C=C\C/C=C\C/C=C\C/C=C\C/C=C\CC. The first-order valence-corrected chi connectivity index (χ1v) is 28.6. The zero-order valence-electron chi connectivity index (χ0n) is 46.3. The summed E-state index contributed by atoms with van der Waals surface area (Å²) < 4.78 is 16.8. The number of hydrogen-bond acceptors (Lipinski definition) is 6. The van der Waals surface area contributed by atoms with Crippen LogP contribution in [-0.4, -0.2) is 37.2 Å². The molecule has 0 N–H and O–H groups in total. The minimum Gasteiger partial charge on any atom is -0.462 e. The van der Waals surface area contributed by atoms with Crippen molar-refractivity contribution in [2.45, 2.75) is 219 Å². The smallest absolute Gasteiger partial charge is 0.306 e. The zero-order chi connectivity index (χ0) is 52.9. The summed E-state index contributed by atoms with van der Waals surface area (Å²) in [6, 6.07) is 0. The van der Waals surface area contributed by atoms with Crippen molar-refractivity contribution >= 4 is 17.9 Å². The van der Waals surface area contributed by atoms with Gasteiger partial charge in [-0.1, -0.05) is 217 Å². The molecule has 6 heteroatoms. The maximum atomic E-state index is 12.9. The van der Waals surface area contributed by atoms with E-state index in [9.17, 15) is 14.4 Å². The molecule has 0 saturated heterocycles. The second-order valence-electron chi connectivity index (χ2n) is 18.0. The van der Waals surface area contributed by atoms with Gasteiger partial charge in [-0.15, -0.1) is 0 Å². The molecule has 0 radical (unpaired) electrons. The van der Waals surface area contributed by atoms with E-state index in [1.807, 2.05) is 0 Å². The first-order chi connectivity index (χ1) is 36.0. The van der Waals surface area contributed by atoms with Crippen LogP contribution in [0.2, 0.25) is 0 Å². The first-order valence-electron chi connectivity index (χ1n) is 28.6. The van der Waals surface area contributed by atoms with Crippen LogP contribution in [0.4, 0.5) is 0 Å². The molecule has 0 rings (SSSR count). The van der Waals surface area contributed by atoms with Crippen LogP contribution < -0.4 is 0 Å².